The minimum atomic E-state index is -3.39. The van der Waals surface area contributed by atoms with Gasteiger partial charge in [0.2, 0.25) is 10.0 Å². The summed E-state index contributed by atoms with van der Waals surface area (Å²) in [6.07, 6.45) is 4.59. The van der Waals surface area contributed by atoms with E-state index in [4.69, 9.17) is 22.1 Å². The average Bonchev–Trinajstić information content (AvgIpc) is 2.99. The van der Waals surface area contributed by atoms with Crippen molar-refractivity contribution in [3.05, 3.63) is 58.2 Å². The molecule has 0 bridgehead atoms. The van der Waals surface area contributed by atoms with Crippen molar-refractivity contribution in [2.24, 2.45) is 5.73 Å². The fourth-order valence-corrected chi connectivity index (χ4v) is 5.45. The van der Waals surface area contributed by atoms with Gasteiger partial charge in [0.1, 0.15) is 0 Å². The number of hydrogen-bond donors (Lipinski definition) is 2. The Kier molecular flexibility index (Phi) is 5.98. The molecule has 0 radical (unpaired) electrons. The largest absolute Gasteiger partial charge is 0.449 e. The van der Waals surface area contributed by atoms with Gasteiger partial charge in [-0.2, -0.15) is 0 Å². The zero-order valence-electron chi connectivity index (χ0n) is 18.2. The first-order chi connectivity index (χ1) is 15.2. The first kappa shape index (κ1) is 22.7. The summed E-state index contributed by atoms with van der Waals surface area (Å²) in [6, 6.07) is 10.7. The Morgan fingerprint density at radius 1 is 1.12 bits per heavy atom. The Morgan fingerprint density at radius 3 is 2.53 bits per heavy atom. The van der Waals surface area contributed by atoms with Crippen molar-refractivity contribution in [1.82, 2.24) is 0 Å². The number of rotatable bonds is 5. The molecule has 0 saturated heterocycles. The van der Waals surface area contributed by atoms with Crippen LogP contribution in [0.25, 0.3) is 16.7 Å². The minimum Gasteiger partial charge on any atom is -0.449 e. The van der Waals surface area contributed by atoms with E-state index in [9.17, 15) is 13.2 Å². The molecule has 1 aliphatic heterocycles. The standard InChI is InChI=1S/C24H27ClN2O4S/c1-3-32(29,30)27-17-9-7-8-16(13-17)19-12-15(2)18(14-20(19)25)21-22(26)24(31-23(21)28)10-5-4-6-11-24/h7-9,12-14,27H,3-6,10-11,26H2,1-2H3. The van der Waals surface area contributed by atoms with Gasteiger partial charge in [-0.15, -0.1) is 0 Å². The summed E-state index contributed by atoms with van der Waals surface area (Å²) in [5.41, 5.74) is 10.2. The van der Waals surface area contributed by atoms with Crippen LogP contribution < -0.4 is 10.5 Å². The lowest BCUT2D eigenvalue weighted by Gasteiger charge is -2.32. The van der Waals surface area contributed by atoms with Crippen LogP contribution >= 0.6 is 11.6 Å². The van der Waals surface area contributed by atoms with E-state index < -0.39 is 21.6 Å². The molecule has 1 aliphatic carbocycles. The zero-order valence-corrected chi connectivity index (χ0v) is 19.8. The molecule has 2 aromatic carbocycles. The van der Waals surface area contributed by atoms with Gasteiger partial charge in [-0.1, -0.05) is 30.2 Å². The normalized spacial score (nSPS) is 18.2. The summed E-state index contributed by atoms with van der Waals surface area (Å²) in [5.74, 6) is -0.410. The molecule has 3 N–H and O–H groups in total. The number of sulfonamides is 1. The van der Waals surface area contributed by atoms with Crippen LogP contribution in [0.15, 0.2) is 42.1 Å². The average molecular weight is 475 g/mol. The minimum absolute atomic E-state index is 0.0140. The number of nitrogens with one attached hydrogen (secondary N) is 1. The molecule has 6 nitrogen and oxygen atoms in total. The van der Waals surface area contributed by atoms with Crippen LogP contribution in [-0.2, 0) is 19.6 Å². The number of esters is 1. The van der Waals surface area contributed by atoms with Gasteiger partial charge >= 0.3 is 5.97 Å². The second-order valence-electron chi connectivity index (χ2n) is 8.47. The van der Waals surface area contributed by atoms with Gasteiger partial charge in [-0.05, 0) is 80.5 Å². The van der Waals surface area contributed by atoms with Crippen molar-refractivity contribution < 1.29 is 17.9 Å². The number of aryl methyl sites for hydroxylation is 1. The van der Waals surface area contributed by atoms with E-state index in [1.165, 1.54) is 0 Å². The number of benzene rings is 2. The molecule has 8 heteroatoms. The van der Waals surface area contributed by atoms with Crippen molar-refractivity contribution in [2.75, 3.05) is 10.5 Å². The molecule has 4 rings (SSSR count). The molecular formula is C24H27ClN2O4S. The van der Waals surface area contributed by atoms with E-state index in [0.29, 0.717) is 27.5 Å². The van der Waals surface area contributed by atoms with Gasteiger partial charge < -0.3 is 10.5 Å². The molecule has 1 heterocycles. The van der Waals surface area contributed by atoms with Crippen molar-refractivity contribution in [3.63, 3.8) is 0 Å². The Labute approximate surface area is 193 Å². The number of ether oxygens (including phenoxy) is 1. The molecule has 1 fully saturated rings. The predicted octanol–water partition coefficient (Wildman–Crippen LogP) is 5.01. The quantitative estimate of drug-likeness (QED) is 0.593. The second kappa shape index (κ2) is 8.45. The monoisotopic (exact) mass is 474 g/mol. The van der Waals surface area contributed by atoms with Crippen molar-refractivity contribution in [2.45, 2.75) is 51.6 Å². The third-order valence-electron chi connectivity index (χ3n) is 6.32. The Hall–Kier alpha value is -2.51. The van der Waals surface area contributed by atoms with Crippen LogP contribution in [0.2, 0.25) is 5.02 Å². The number of anilines is 1. The van der Waals surface area contributed by atoms with E-state index in [2.05, 4.69) is 4.72 Å². The van der Waals surface area contributed by atoms with Crippen molar-refractivity contribution in [1.29, 1.82) is 0 Å². The highest BCUT2D eigenvalue weighted by Gasteiger charge is 2.47. The number of carbonyl (C=O) groups is 1. The lowest BCUT2D eigenvalue weighted by atomic mass is 9.81. The molecule has 0 aromatic heterocycles. The van der Waals surface area contributed by atoms with E-state index >= 15 is 0 Å². The molecule has 0 atom stereocenters. The summed E-state index contributed by atoms with van der Waals surface area (Å²) < 4.78 is 32.2. The third kappa shape index (κ3) is 4.11. The van der Waals surface area contributed by atoms with E-state index in [-0.39, 0.29) is 5.75 Å². The smallest absolute Gasteiger partial charge is 0.341 e. The zero-order chi connectivity index (χ0) is 23.1. The fraction of sp³-hybridized carbons (Fsp3) is 0.375. The molecule has 32 heavy (non-hydrogen) atoms. The number of carbonyl (C=O) groups excluding carboxylic acids is 1. The van der Waals surface area contributed by atoms with Gasteiger partial charge in [0.25, 0.3) is 0 Å². The summed E-state index contributed by atoms with van der Waals surface area (Å²) in [5, 5.41) is 0.443. The lowest BCUT2D eigenvalue weighted by molar-refractivity contribution is -0.147. The van der Waals surface area contributed by atoms with Gasteiger partial charge in [-0.3, -0.25) is 4.72 Å². The fourth-order valence-electron chi connectivity index (χ4n) is 4.54. The maximum Gasteiger partial charge on any atom is 0.341 e. The van der Waals surface area contributed by atoms with Gasteiger partial charge in [0, 0.05) is 16.3 Å². The van der Waals surface area contributed by atoms with Gasteiger partial charge in [0.05, 0.1) is 17.0 Å². The molecule has 170 valence electrons. The summed E-state index contributed by atoms with van der Waals surface area (Å²) in [7, 11) is -3.39. The Balaban J connectivity index is 1.73. The van der Waals surface area contributed by atoms with Crippen LogP contribution in [-0.4, -0.2) is 25.7 Å². The molecule has 0 amide bonds. The summed E-state index contributed by atoms with van der Waals surface area (Å²) >= 11 is 6.65. The van der Waals surface area contributed by atoms with Crippen LogP contribution in [0.4, 0.5) is 5.69 Å². The summed E-state index contributed by atoms with van der Waals surface area (Å²) in [6.45, 7) is 3.48. The number of hydrogen-bond acceptors (Lipinski definition) is 5. The SMILES string of the molecule is CCS(=O)(=O)Nc1cccc(-c2cc(C)c(C3=C(N)C4(CCCCC4)OC3=O)cc2Cl)c1. The summed E-state index contributed by atoms with van der Waals surface area (Å²) in [4.78, 5) is 12.8. The first-order valence-corrected chi connectivity index (χ1v) is 12.8. The van der Waals surface area contributed by atoms with Crippen LogP contribution in [0.5, 0.6) is 0 Å². The highest BCUT2D eigenvalue weighted by Crippen LogP contribution is 2.45. The maximum absolute atomic E-state index is 12.8. The third-order valence-corrected chi connectivity index (χ3v) is 7.94. The molecule has 1 spiro atoms. The molecular weight excluding hydrogens is 448 g/mol. The molecule has 1 saturated carbocycles. The topological polar surface area (TPSA) is 98.5 Å². The molecule has 0 unspecified atom stereocenters. The maximum atomic E-state index is 12.8. The Morgan fingerprint density at radius 2 is 1.84 bits per heavy atom. The number of nitrogens with two attached hydrogens (primary N) is 1. The Bertz CT molecular complexity index is 1210. The van der Waals surface area contributed by atoms with E-state index in [0.717, 1.165) is 48.8 Å². The van der Waals surface area contributed by atoms with Crippen molar-refractivity contribution >= 4 is 38.9 Å². The number of halogens is 1. The second-order valence-corrected chi connectivity index (χ2v) is 10.9. The van der Waals surface area contributed by atoms with E-state index in [1.807, 2.05) is 19.1 Å². The highest BCUT2D eigenvalue weighted by atomic mass is 35.5. The first-order valence-electron chi connectivity index (χ1n) is 10.8. The molecule has 2 aliphatic rings. The van der Waals surface area contributed by atoms with E-state index in [1.54, 1.807) is 31.2 Å². The van der Waals surface area contributed by atoms with Crippen molar-refractivity contribution in [3.8, 4) is 11.1 Å². The van der Waals surface area contributed by atoms with Gasteiger partial charge in [0.15, 0.2) is 5.60 Å². The van der Waals surface area contributed by atoms with Crippen LogP contribution in [0.1, 0.15) is 50.2 Å². The lowest BCUT2D eigenvalue weighted by Crippen LogP contribution is -2.37. The van der Waals surface area contributed by atoms with Crippen LogP contribution in [0, 0.1) is 6.92 Å². The predicted molar refractivity (Wildman–Crippen MR) is 128 cm³/mol. The highest BCUT2D eigenvalue weighted by molar-refractivity contribution is 7.92. The van der Waals surface area contributed by atoms with Gasteiger partial charge in [-0.25, -0.2) is 13.2 Å². The van der Waals surface area contributed by atoms with Crippen LogP contribution in [0.3, 0.4) is 0 Å². The molecule has 2 aromatic rings.